The van der Waals surface area contributed by atoms with E-state index < -0.39 is 17.9 Å². The smallest absolute Gasteiger partial charge is 0.341 e. The summed E-state index contributed by atoms with van der Waals surface area (Å²) in [4.78, 5) is 12.5. The Labute approximate surface area is 228 Å². The first-order valence-electron chi connectivity index (χ1n) is 12.9. The van der Waals surface area contributed by atoms with Crippen LogP contribution in [0.25, 0.3) is 10.8 Å². The van der Waals surface area contributed by atoms with Gasteiger partial charge in [-0.05, 0) is 66.6 Å². The lowest BCUT2D eigenvalue weighted by atomic mass is 10.1. The molecule has 0 bridgehead atoms. The van der Waals surface area contributed by atoms with Gasteiger partial charge in [-0.25, -0.2) is 4.79 Å². The lowest BCUT2D eigenvalue weighted by Gasteiger charge is -2.19. The Bertz CT molecular complexity index is 1400. The maximum atomic E-state index is 12.5. The summed E-state index contributed by atoms with van der Waals surface area (Å²) >= 11 is 0. The van der Waals surface area contributed by atoms with Gasteiger partial charge in [-0.15, -0.1) is 0 Å². The summed E-state index contributed by atoms with van der Waals surface area (Å²) in [6, 6.07) is 28.9. The van der Waals surface area contributed by atoms with Crippen molar-refractivity contribution in [3.05, 3.63) is 102 Å². The highest BCUT2D eigenvalue weighted by Crippen LogP contribution is 2.32. The van der Waals surface area contributed by atoms with Gasteiger partial charge in [-0.3, -0.25) is 0 Å². The number of carbonyl (C=O) groups is 1. The molecule has 0 amide bonds. The Morgan fingerprint density at radius 1 is 0.744 bits per heavy atom. The summed E-state index contributed by atoms with van der Waals surface area (Å²) in [7, 11) is 1.35. The standard InChI is InChI=1S/C32H32O7/c1-32(2)38-29(20-36-26-15-13-25(14-16-26)35-19-22-9-5-4-6-10-22)30(39-32)21-37-28-18-24-12-8-7-11-23(24)17-27(28)31(33)34-3/h4-18,29-30H,19-21H2,1-3H3/t29-,30-/m0/s1. The zero-order valence-corrected chi connectivity index (χ0v) is 22.3. The fourth-order valence-corrected chi connectivity index (χ4v) is 4.52. The summed E-state index contributed by atoms with van der Waals surface area (Å²) in [6.07, 6.45) is -0.790. The van der Waals surface area contributed by atoms with E-state index in [0.717, 1.165) is 22.1 Å². The minimum absolute atomic E-state index is 0.173. The summed E-state index contributed by atoms with van der Waals surface area (Å²) < 4.78 is 35.2. The van der Waals surface area contributed by atoms with Crippen LogP contribution < -0.4 is 14.2 Å². The van der Waals surface area contributed by atoms with Crippen LogP contribution in [-0.4, -0.2) is 44.3 Å². The van der Waals surface area contributed by atoms with Crippen molar-refractivity contribution in [2.75, 3.05) is 20.3 Å². The molecule has 0 aliphatic carbocycles. The van der Waals surface area contributed by atoms with E-state index in [4.69, 9.17) is 28.4 Å². The Kier molecular flexibility index (Phi) is 8.00. The molecule has 2 atom stereocenters. The van der Waals surface area contributed by atoms with Crippen molar-refractivity contribution in [3.63, 3.8) is 0 Å². The van der Waals surface area contributed by atoms with E-state index >= 15 is 0 Å². The third-order valence-corrected chi connectivity index (χ3v) is 6.43. The molecule has 7 heteroatoms. The van der Waals surface area contributed by atoms with Crippen LogP contribution in [-0.2, 0) is 20.8 Å². The highest BCUT2D eigenvalue weighted by Gasteiger charge is 2.42. The van der Waals surface area contributed by atoms with Crippen molar-refractivity contribution in [1.29, 1.82) is 0 Å². The van der Waals surface area contributed by atoms with Crippen molar-refractivity contribution in [2.45, 2.75) is 38.4 Å². The number of hydrogen-bond donors (Lipinski definition) is 0. The average molecular weight is 529 g/mol. The van der Waals surface area contributed by atoms with Crippen molar-refractivity contribution in [1.82, 2.24) is 0 Å². The van der Waals surface area contributed by atoms with Gasteiger partial charge in [0, 0.05) is 0 Å². The first-order chi connectivity index (χ1) is 18.9. The molecule has 5 rings (SSSR count). The number of rotatable bonds is 10. The zero-order chi connectivity index (χ0) is 27.2. The van der Waals surface area contributed by atoms with E-state index in [-0.39, 0.29) is 19.3 Å². The molecule has 39 heavy (non-hydrogen) atoms. The molecule has 0 N–H and O–H groups in total. The molecule has 4 aromatic rings. The summed E-state index contributed by atoms with van der Waals surface area (Å²) in [5.41, 5.74) is 1.46. The number of hydrogen-bond acceptors (Lipinski definition) is 7. The van der Waals surface area contributed by atoms with E-state index in [1.165, 1.54) is 7.11 Å². The van der Waals surface area contributed by atoms with Crippen LogP contribution in [0.4, 0.5) is 0 Å². The largest absolute Gasteiger partial charge is 0.491 e. The van der Waals surface area contributed by atoms with Gasteiger partial charge in [0.25, 0.3) is 0 Å². The Balaban J connectivity index is 1.21. The molecule has 0 saturated carbocycles. The highest BCUT2D eigenvalue weighted by molar-refractivity contribution is 5.98. The van der Waals surface area contributed by atoms with Crippen LogP contribution in [0.15, 0.2) is 91.0 Å². The van der Waals surface area contributed by atoms with E-state index in [2.05, 4.69) is 0 Å². The number of benzene rings is 4. The molecule has 0 radical (unpaired) electrons. The number of fused-ring (bicyclic) bond motifs is 1. The average Bonchev–Trinajstić information content (AvgIpc) is 3.27. The predicted molar refractivity (Wildman–Crippen MR) is 147 cm³/mol. The van der Waals surface area contributed by atoms with Gasteiger partial charge in [0.1, 0.15) is 54.8 Å². The molecule has 0 spiro atoms. The molecule has 4 aromatic carbocycles. The van der Waals surface area contributed by atoms with Gasteiger partial charge >= 0.3 is 5.97 Å². The Morgan fingerprint density at radius 2 is 1.31 bits per heavy atom. The molecule has 0 unspecified atom stereocenters. The first-order valence-corrected chi connectivity index (χ1v) is 12.9. The van der Waals surface area contributed by atoms with Crippen molar-refractivity contribution < 1.29 is 33.2 Å². The molecule has 1 aliphatic heterocycles. The monoisotopic (exact) mass is 528 g/mol. The van der Waals surface area contributed by atoms with Crippen LogP contribution in [0.1, 0.15) is 29.8 Å². The molecule has 1 aliphatic rings. The zero-order valence-electron chi connectivity index (χ0n) is 22.3. The fraction of sp³-hybridized carbons (Fsp3) is 0.281. The van der Waals surface area contributed by atoms with Crippen LogP contribution in [0.3, 0.4) is 0 Å². The Morgan fingerprint density at radius 3 is 1.95 bits per heavy atom. The van der Waals surface area contributed by atoms with Gasteiger partial charge in [0.05, 0.1) is 7.11 Å². The van der Waals surface area contributed by atoms with E-state index in [0.29, 0.717) is 23.7 Å². The molecule has 1 saturated heterocycles. The second kappa shape index (κ2) is 11.8. The van der Waals surface area contributed by atoms with Gasteiger partial charge in [-0.2, -0.15) is 0 Å². The lowest BCUT2D eigenvalue weighted by Crippen LogP contribution is -2.34. The SMILES string of the molecule is COC(=O)c1cc2ccccc2cc1OC[C@@H]1OC(C)(C)O[C@H]1COc1ccc(OCc2ccccc2)cc1. The van der Waals surface area contributed by atoms with Crippen LogP contribution >= 0.6 is 0 Å². The van der Waals surface area contributed by atoms with Gasteiger partial charge < -0.3 is 28.4 Å². The van der Waals surface area contributed by atoms with Gasteiger partial charge in [-0.1, -0.05) is 54.6 Å². The Hall–Kier alpha value is -4.07. The summed E-state index contributed by atoms with van der Waals surface area (Å²) in [6.45, 7) is 4.65. The quantitative estimate of drug-likeness (QED) is 0.228. The molecular weight excluding hydrogens is 496 g/mol. The number of carbonyl (C=O) groups excluding carboxylic acids is 1. The third kappa shape index (κ3) is 6.69. The van der Waals surface area contributed by atoms with Crippen LogP contribution in [0.2, 0.25) is 0 Å². The first kappa shape index (κ1) is 26.5. The van der Waals surface area contributed by atoms with E-state index in [1.54, 1.807) is 6.07 Å². The second-order valence-electron chi connectivity index (χ2n) is 9.77. The predicted octanol–water partition coefficient (Wildman–Crippen LogP) is 6.18. The molecule has 7 nitrogen and oxygen atoms in total. The van der Waals surface area contributed by atoms with Crippen molar-refractivity contribution in [3.8, 4) is 17.2 Å². The van der Waals surface area contributed by atoms with Crippen LogP contribution in [0.5, 0.6) is 17.2 Å². The van der Waals surface area contributed by atoms with Gasteiger partial charge in [0.2, 0.25) is 0 Å². The molecular formula is C32H32O7. The fourth-order valence-electron chi connectivity index (χ4n) is 4.52. The topological polar surface area (TPSA) is 72.5 Å². The highest BCUT2D eigenvalue weighted by atomic mass is 16.8. The molecule has 1 heterocycles. The number of esters is 1. The minimum atomic E-state index is -0.800. The van der Waals surface area contributed by atoms with Crippen molar-refractivity contribution in [2.24, 2.45) is 0 Å². The number of methoxy groups -OCH3 is 1. The molecule has 202 valence electrons. The molecule has 0 aromatic heterocycles. The normalized spacial score (nSPS) is 18.0. The summed E-state index contributed by atoms with van der Waals surface area (Å²) in [5.74, 6) is 0.620. The van der Waals surface area contributed by atoms with E-state index in [9.17, 15) is 4.79 Å². The maximum absolute atomic E-state index is 12.5. The van der Waals surface area contributed by atoms with Crippen LogP contribution in [0, 0.1) is 0 Å². The lowest BCUT2D eigenvalue weighted by molar-refractivity contribution is -0.150. The van der Waals surface area contributed by atoms with Gasteiger partial charge in [0.15, 0.2) is 5.79 Å². The van der Waals surface area contributed by atoms with Crippen molar-refractivity contribution >= 4 is 16.7 Å². The maximum Gasteiger partial charge on any atom is 0.341 e. The second-order valence-corrected chi connectivity index (χ2v) is 9.77. The number of ether oxygens (including phenoxy) is 6. The van der Waals surface area contributed by atoms with E-state index in [1.807, 2.05) is 98.8 Å². The summed E-state index contributed by atoms with van der Waals surface area (Å²) in [5, 5.41) is 1.88. The minimum Gasteiger partial charge on any atom is -0.491 e. The third-order valence-electron chi connectivity index (χ3n) is 6.43. The molecule has 1 fully saturated rings.